The third-order valence-electron chi connectivity index (χ3n) is 2.02. The molecule has 0 aromatic carbocycles. The molecular weight excluding hydrogens is 136 g/mol. The van der Waals surface area contributed by atoms with Gasteiger partial charge in [0.2, 0.25) is 0 Å². The normalized spacial score (nSPS) is 12.7. The minimum absolute atomic E-state index is 0.574. The first-order valence-electron chi connectivity index (χ1n) is 4.38. The molecule has 1 nitrogen and oxygen atoms in total. The fraction of sp³-hybridized carbons (Fsp3) is 0.700. The van der Waals surface area contributed by atoms with E-state index < -0.39 is 5.60 Å². The van der Waals surface area contributed by atoms with Gasteiger partial charge in [-0.3, -0.25) is 0 Å². The number of unbranched alkanes of at least 4 members (excludes halogenated alkanes) is 1. The SMILES string of the molecule is [CH2]CCC=CC(O)(CC)CC. The van der Waals surface area contributed by atoms with E-state index in [1.165, 1.54) is 0 Å². The molecule has 0 saturated carbocycles. The summed E-state index contributed by atoms with van der Waals surface area (Å²) < 4.78 is 0. The summed E-state index contributed by atoms with van der Waals surface area (Å²) >= 11 is 0. The monoisotopic (exact) mass is 155 g/mol. The van der Waals surface area contributed by atoms with Crippen molar-refractivity contribution >= 4 is 0 Å². The molecule has 0 spiro atoms. The fourth-order valence-corrected chi connectivity index (χ4v) is 0.906. The Morgan fingerprint density at radius 1 is 1.36 bits per heavy atom. The van der Waals surface area contributed by atoms with Gasteiger partial charge in [0.15, 0.2) is 0 Å². The van der Waals surface area contributed by atoms with Gasteiger partial charge in [0.25, 0.3) is 0 Å². The van der Waals surface area contributed by atoms with Crippen LogP contribution >= 0.6 is 0 Å². The van der Waals surface area contributed by atoms with Crippen LogP contribution in [0.3, 0.4) is 0 Å². The van der Waals surface area contributed by atoms with E-state index in [1.54, 1.807) is 0 Å². The van der Waals surface area contributed by atoms with E-state index in [0.29, 0.717) is 0 Å². The lowest BCUT2D eigenvalue weighted by molar-refractivity contribution is 0.0825. The molecule has 1 N–H and O–H groups in total. The molecule has 0 aliphatic rings. The van der Waals surface area contributed by atoms with Gasteiger partial charge in [0, 0.05) is 0 Å². The number of allylic oxidation sites excluding steroid dienone is 1. The Labute approximate surface area is 70.1 Å². The molecule has 0 saturated heterocycles. The van der Waals surface area contributed by atoms with Crippen LogP contribution in [0.4, 0.5) is 0 Å². The molecule has 0 bridgehead atoms. The maximum absolute atomic E-state index is 9.75. The molecule has 0 aliphatic carbocycles. The Kier molecular flexibility index (Phi) is 5.22. The molecule has 1 heteroatoms. The Hall–Kier alpha value is -0.300. The third kappa shape index (κ3) is 4.20. The maximum Gasteiger partial charge on any atom is 0.0822 e. The molecular formula is C10H19O. The van der Waals surface area contributed by atoms with Crippen molar-refractivity contribution in [1.82, 2.24) is 0 Å². The van der Waals surface area contributed by atoms with Crippen LogP contribution in [0.5, 0.6) is 0 Å². The first kappa shape index (κ1) is 10.7. The highest BCUT2D eigenvalue weighted by molar-refractivity contribution is 4.99. The summed E-state index contributed by atoms with van der Waals surface area (Å²) in [5, 5.41) is 9.75. The highest BCUT2D eigenvalue weighted by atomic mass is 16.3. The average molecular weight is 155 g/mol. The van der Waals surface area contributed by atoms with Crippen LogP contribution in [0.2, 0.25) is 0 Å². The summed E-state index contributed by atoms with van der Waals surface area (Å²) in [6, 6.07) is 0. The number of aliphatic hydroxyl groups is 1. The highest BCUT2D eigenvalue weighted by Crippen LogP contribution is 2.16. The molecule has 11 heavy (non-hydrogen) atoms. The van der Waals surface area contributed by atoms with E-state index in [0.717, 1.165) is 25.7 Å². The van der Waals surface area contributed by atoms with Crippen LogP contribution in [0.25, 0.3) is 0 Å². The molecule has 65 valence electrons. The van der Waals surface area contributed by atoms with Crippen molar-refractivity contribution in [3.8, 4) is 0 Å². The Morgan fingerprint density at radius 3 is 2.27 bits per heavy atom. The van der Waals surface area contributed by atoms with Crippen LogP contribution in [-0.2, 0) is 0 Å². The first-order chi connectivity index (χ1) is 5.18. The number of hydrogen-bond acceptors (Lipinski definition) is 1. The van der Waals surface area contributed by atoms with Gasteiger partial charge in [-0.25, -0.2) is 0 Å². The van der Waals surface area contributed by atoms with Gasteiger partial charge in [-0.15, -0.1) is 0 Å². The van der Waals surface area contributed by atoms with E-state index in [4.69, 9.17) is 0 Å². The van der Waals surface area contributed by atoms with E-state index in [2.05, 4.69) is 6.92 Å². The highest BCUT2D eigenvalue weighted by Gasteiger charge is 2.16. The third-order valence-corrected chi connectivity index (χ3v) is 2.02. The van der Waals surface area contributed by atoms with Crippen LogP contribution in [0.15, 0.2) is 12.2 Å². The zero-order valence-electron chi connectivity index (χ0n) is 7.64. The quantitative estimate of drug-likeness (QED) is 0.605. The molecule has 0 amide bonds. The van der Waals surface area contributed by atoms with E-state index >= 15 is 0 Å². The van der Waals surface area contributed by atoms with Crippen molar-refractivity contribution in [1.29, 1.82) is 0 Å². The Morgan fingerprint density at radius 2 is 1.91 bits per heavy atom. The fourth-order valence-electron chi connectivity index (χ4n) is 0.906. The smallest absolute Gasteiger partial charge is 0.0822 e. The van der Waals surface area contributed by atoms with Gasteiger partial charge in [-0.05, 0) is 25.7 Å². The molecule has 0 atom stereocenters. The molecule has 0 fully saturated rings. The first-order valence-corrected chi connectivity index (χ1v) is 4.38. The summed E-state index contributed by atoms with van der Waals surface area (Å²) in [4.78, 5) is 0. The lowest BCUT2D eigenvalue weighted by Gasteiger charge is -2.20. The van der Waals surface area contributed by atoms with Crippen LogP contribution < -0.4 is 0 Å². The zero-order valence-corrected chi connectivity index (χ0v) is 7.64. The topological polar surface area (TPSA) is 20.2 Å². The van der Waals surface area contributed by atoms with Gasteiger partial charge >= 0.3 is 0 Å². The average Bonchev–Trinajstić information content (AvgIpc) is 2.05. The maximum atomic E-state index is 9.75. The molecule has 0 unspecified atom stereocenters. The largest absolute Gasteiger partial charge is 0.386 e. The second-order valence-electron chi connectivity index (χ2n) is 2.86. The van der Waals surface area contributed by atoms with Crippen molar-refractivity contribution in [2.45, 2.75) is 45.1 Å². The summed E-state index contributed by atoms with van der Waals surface area (Å²) in [6.07, 6.45) is 7.36. The predicted octanol–water partition coefficient (Wildman–Crippen LogP) is 2.71. The molecule has 0 aliphatic heterocycles. The summed E-state index contributed by atoms with van der Waals surface area (Å²) in [5.74, 6) is 0. The number of rotatable bonds is 5. The summed E-state index contributed by atoms with van der Waals surface area (Å²) in [5.41, 5.74) is -0.574. The van der Waals surface area contributed by atoms with Gasteiger partial charge in [0.05, 0.1) is 5.60 Å². The van der Waals surface area contributed by atoms with Crippen molar-refractivity contribution < 1.29 is 5.11 Å². The lowest BCUT2D eigenvalue weighted by atomic mass is 9.97. The Bertz CT molecular complexity index is 112. The second kappa shape index (κ2) is 5.36. The molecule has 0 aromatic heterocycles. The lowest BCUT2D eigenvalue weighted by Crippen LogP contribution is -2.22. The van der Waals surface area contributed by atoms with Crippen LogP contribution in [-0.4, -0.2) is 10.7 Å². The molecule has 0 heterocycles. The molecule has 0 aromatic rings. The second-order valence-corrected chi connectivity index (χ2v) is 2.86. The van der Waals surface area contributed by atoms with Crippen LogP contribution in [0, 0.1) is 6.92 Å². The van der Waals surface area contributed by atoms with E-state index in [-0.39, 0.29) is 0 Å². The van der Waals surface area contributed by atoms with Gasteiger partial charge in [-0.2, -0.15) is 0 Å². The van der Waals surface area contributed by atoms with Gasteiger partial charge < -0.3 is 5.11 Å². The van der Waals surface area contributed by atoms with Gasteiger partial charge in [0.1, 0.15) is 0 Å². The summed E-state index contributed by atoms with van der Waals surface area (Å²) in [6.45, 7) is 7.72. The van der Waals surface area contributed by atoms with Crippen LogP contribution in [0.1, 0.15) is 39.5 Å². The van der Waals surface area contributed by atoms with E-state index in [9.17, 15) is 5.11 Å². The summed E-state index contributed by atoms with van der Waals surface area (Å²) in [7, 11) is 0. The Balaban J connectivity index is 3.85. The van der Waals surface area contributed by atoms with Crippen molar-refractivity contribution in [3.05, 3.63) is 19.1 Å². The van der Waals surface area contributed by atoms with E-state index in [1.807, 2.05) is 26.0 Å². The predicted molar refractivity (Wildman–Crippen MR) is 49.3 cm³/mol. The molecule has 0 rings (SSSR count). The minimum atomic E-state index is -0.574. The minimum Gasteiger partial charge on any atom is -0.386 e. The standard InChI is InChI=1S/C10H19O/c1-4-7-8-9-10(11,5-2)6-3/h8-9,11H,1,4-7H2,2-3H3. The van der Waals surface area contributed by atoms with Crippen molar-refractivity contribution in [2.75, 3.05) is 0 Å². The van der Waals surface area contributed by atoms with Crippen molar-refractivity contribution in [2.24, 2.45) is 0 Å². The van der Waals surface area contributed by atoms with Gasteiger partial charge in [-0.1, -0.05) is 32.9 Å². The van der Waals surface area contributed by atoms with Crippen molar-refractivity contribution in [3.63, 3.8) is 0 Å². The molecule has 1 radical (unpaired) electrons. The number of hydrogen-bond donors (Lipinski definition) is 1. The zero-order chi connectivity index (χ0) is 8.74.